The Morgan fingerprint density at radius 3 is 2.79 bits per heavy atom. The van der Waals surface area contributed by atoms with Gasteiger partial charge in [-0.1, -0.05) is 57.5 Å². The smallest absolute Gasteiger partial charge is 0.209 e. The number of hydrogen-bond acceptors (Lipinski definition) is 6. The summed E-state index contributed by atoms with van der Waals surface area (Å²) in [4.78, 5) is 0. The Bertz CT molecular complexity index is 896. The predicted molar refractivity (Wildman–Crippen MR) is 111 cm³/mol. The third-order valence-corrected chi connectivity index (χ3v) is 5.64. The number of benzene rings is 2. The molecule has 0 saturated carbocycles. The first-order chi connectivity index (χ1) is 13.1. The lowest BCUT2D eigenvalue weighted by atomic mass is 10.2. The van der Waals surface area contributed by atoms with Gasteiger partial charge in [0.15, 0.2) is 0 Å². The Labute approximate surface area is 187 Å². The molecule has 3 aromatic rings. The molecule has 0 unspecified atom stereocenters. The number of nitrogens with zero attached hydrogens (tertiary/aromatic N) is 4. The minimum atomic E-state index is 0. The van der Waals surface area contributed by atoms with Gasteiger partial charge in [0, 0.05) is 46.5 Å². The zero-order valence-electron chi connectivity index (χ0n) is 15.1. The van der Waals surface area contributed by atoms with Gasteiger partial charge in [-0.05, 0) is 34.7 Å². The van der Waals surface area contributed by atoms with Crippen LogP contribution < -0.4 is 22.5 Å². The predicted octanol–water partition coefficient (Wildman–Crippen LogP) is 1.09. The molecule has 6 nitrogen and oxygen atoms in total. The SMILES string of the molecule is Cn1nnnc1SCCNCc1cc(Br)ccc1OCc1ccccc1Cl.[Cl-]. The van der Waals surface area contributed by atoms with Crippen molar-refractivity contribution < 1.29 is 17.1 Å². The summed E-state index contributed by atoms with van der Waals surface area (Å²) in [5.74, 6) is 1.72. The summed E-state index contributed by atoms with van der Waals surface area (Å²) < 4.78 is 8.69. The van der Waals surface area contributed by atoms with Gasteiger partial charge in [0.25, 0.3) is 0 Å². The van der Waals surface area contributed by atoms with E-state index in [0.29, 0.717) is 18.2 Å². The standard InChI is InChI=1S/C18H19BrClN5OS.ClH/c1-25-18(22-23-24-25)27-9-8-21-11-14-10-15(19)6-7-17(14)26-12-13-4-2-3-5-16(13)20;/h2-7,10,21H,8-9,11-12H2,1H3;1H/p-1. The van der Waals surface area contributed by atoms with Crippen molar-refractivity contribution in [3.63, 3.8) is 0 Å². The van der Waals surface area contributed by atoms with Crippen molar-refractivity contribution in [3.05, 3.63) is 63.1 Å². The van der Waals surface area contributed by atoms with Crippen LogP contribution in [0.5, 0.6) is 5.75 Å². The second kappa shape index (κ2) is 11.6. The summed E-state index contributed by atoms with van der Waals surface area (Å²) in [5, 5.41) is 16.4. The van der Waals surface area contributed by atoms with Crippen LogP contribution >= 0.6 is 39.3 Å². The van der Waals surface area contributed by atoms with Crippen LogP contribution in [0, 0.1) is 0 Å². The van der Waals surface area contributed by atoms with E-state index in [9.17, 15) is 0 Å². The second-order valence-corrected chi connectivity index (χ2v) is 8.13. The summed E-state index contributed by atoms with van der Waals surface area (Å²) in [6.45, 7) is 1.96. The zero-order valence-corrected chi connectivity index (χ0v) is 19.0. The molecular formula is C18H19BrCl2N5OS-. The average molecular weight is 504 g/mol. The van der Waals surface area contributed by atoms with Crippen molar-refractivity contribution >= 4 is 39.3 Å². The average Bonchev–Trinajstić information content (AvgIpc) is 3.07. The molecule has 0 atom stereocenters. The van der Waals surface area contributed by atoms with Gasteiger partial charge >= 0.3 is 0 Å². The van der Waals surface area contributed by atoms with E-state index in [0.717, 1.165) is 38.8 Å². The highest BCUT2D eigenvalue weighted by molar-refractivity contribution is 9.10. The topological polar surface area (TPSA) is 64.9 Å². The van der Waals surface area contributed by atoms with E-state index in [-0.39, 0.29) is 12.4 Å². The molecule has 0 saturated heterocycles. The van der Waals surface area contributed by atoms with Gasteiger partial charge in [0.05, 0.1) is 0 Å². The van der Waals surface area contributed by atoms with Crippen LogP contribution in [0.4, 0.5) is 0 Å². The van der Waals surface area contributed by atoms with E-state index in [1.807, 2.05) is 43.4 Å². The molecule has 0 radical (unpaired) electrons. The van der Waals surface area contributed by atoms with Gasteiger partial charge in [-0.2, -0.15) is 0 Å². The Hall–Kier alpha value is -1.32. The van der Waals surface area contributed by atoms with Gasteiger partial charge < -0.3 is 22.5 Å². The molecule has 2 aromatic carbocycles. The van der Waals surface area contributed by atoms with E-state index in [4.69, 9.17) is 16.3 Å². The minimum absolute atomic E-state index is 0. The summed E-state index contributed by atoms with van der Waals surface area (Å²) in [6.07, 6.45) is 0. The molecular weight excluding hydrogens is 485 g/mol. The van der Waals surface area contributed by atoms with Crippen molar-refractivity contribution in [3.8, 4) is 5.75 Å². The third kappa shape index (κ3) is 6.63. The van der Waals surface area contributed by atoms with Crippen LogP contribution in [-0.2, 0) is 20.2 Å². The van der Waals surface area contributed by atoms with Crippen LogP contribution in [-0.4, -0.2) is 32.5 Å². The van der Waals surface area contributed by atoms with Crippen molar-refractivity contribution in [2.24, 2.45) is 7.05 Å². The molecule has 1 N–H and O–H groups in total. The van der Waals surface area contributed by atoms with Crippen molar-refractivity contribution in [1.82, 2.24) is 25.5 Å². The maximum Gasteiger partial charge on any atom is 0.209 e. The summed E-state index contributed by atoms with van der Waals surface area (Å²) in [5.41, 5.74) is 2.05. The lowest BCUT2D eigenvalue weighted by Gasteiger charge is -2.13. The van der Waals surface area contributed by atoms with E-state index in [1.54, 1.807) is 16.4 Å². The van der Waals surface area contributed by atoms with Crippen molar-refractivity contribution in [2.75, 3.05) is 12.3 Å². The number of rotatable bonds is 9. The number of thioether (sulfide) groups is 1. The number of nitrogens with one attached hydrogen (secondary N) is 1. The number of ether oxygens (including phenoxy) is 1. The molecule has 3 rings (SSSR count). The van der Waals surface area contributed by atoms with Crippen LogP contribution in [0.25, 0.3) is 0 Å². The number of hydrogen-bond donors (Lipinski definition) is 1. The maximum atomic E-state index is 6.21. The van der Waals surface area contributed by atoms with E-state index < -0.39 is 0 Å². The Balaban J connectivity index is 0.00000280. The van der Waals surface area contributed by atoms with Crippen LogP contribution in [0.2, 0.25) is 5.02 Å². The first-order valence-corrected chi connectivity index (χ1v) is 10.5. The molecule has 0 fully saturated rings. The van der Waals surface area contributed by atoms with Gasteiger partial charge in [0.1, 0.15) is 12.4 Å². The second-order valence-electron chi connectivity index (χ2n) is 5.74. The number of tetrazole rings is 1. The molecule has 1 heterocycles. The molecule has 0 bridgehead atoms. The van der Waals surface area contributed by atoms with Crippen molar-refractivity contribution in [1.29, 1.82) is 0 Å². The maximum absolute atomic E-state index is 6.21. The highest BCUT2D eigenvalue weighted by atomic mass is 79.9. The summed E-state index contributed by atoms with van der Waals surface area (Å²) in [7, 11) is 1.83. The largest absolute Gasteiger partial charge is 1.00 e. The molecule has 0 aliphatic rings. The molecule has 0 amide bonds. The fourth-order valence-electron chi connectivity index (χ4n) is 2.38. The molecule has 0 aliphatic carbocycles. The Morgan fingerprint density at radius 1 is 1.21 bits per heavy atom. The highest BCUT2D eigenvalue weighted by Crippen LogP contribution is 2.25. The van der Waals surface area contributed by atoms with Gasteiger partial charge in [-0.15, -0.1) is 5.10 Å². The zero-order chi connectivity index (χ0) is 19.1. The normalized spacial score (nSPS) is 10.5. The van der Waals surface area contributed by atoms with Crippen LogP contribution in [0.1, 0.15) is 11.1 Å². The molecule has 28 heavy (non-hydrogen) atoms. The van der Waals surface area contributed by atoms with Crippen LogP contribution in [0.3, 0.4) is 0 Å². The third-order valence-electron chi connectivity index (χ3n) is 3.77. The summed E-state index contributed by atoms with van der Waals surface area (Å²) in [6, 6.07) is 13.7. The number of aromatic nitrogens is 4. The Morgan fingerprint density at radius 2 is 2.04 bits per heavy atom. The van der Waals surface area contributed by atoms with E-state index in [2.05, 4.69) is 42.8 Å². The summed E-state index contributed by atoms with van der Waals surface area (Å²) >= 11 is 11.4. The fraction of sp³-hybridized carbons (Fsp3) is 0.278. The molecule has 0 aliphatic heterocycles. The van der Waals surface area contributed by atoms with Crippen LogP contribution in [0.15, 0.2) is 52.1 Å². The highest BCUT2D eigenvalue weighted by Gasteiger charge is 2.07. The lowest BCUT2D eigenvalue weighted by molar-refractivity contribution is -0.00000581. The van der Waals surface area contributed by atoms with Crippen molar-refractivity contribution in [2.45, 2.75) is 18.3 Å². The fourth-order valence-corrected chi connectivity index (χ4v) is 3.72. The minimum Gasteiger partial charge on any atom is -1.00 e. The first-order valence-electron chi connectivity index (χ1n) is 8.34. The van der Waals surface area contributed by atoms with Gasteiger partial charge in [0.2, 0.25) is 5.16 Å². The van der Waals surface area contributed by atoms with E-state index in [1.165, 1.54) is 0 Å². The number of halogens is 3. The molecule has 1 aromatic heterocycles. The quantitative estimate of drug-likeness (QED) is 0.348. The first kappa shape index (κ1) is 23.0. The van der Waals surface area contributed by atoms with E-state index >= 15 is 0 Å². The lowest BCUT2D eigenvalue weighted by Crippen LogP contribution is -3.00. The number of aryl methyl sites for hydroxylation is 1. The monoisotopic (exact) mass is 502 g/mol. The molecule has 0 spiro atoms. The Kier molecular flexibility index (Phi) is 9.53. The molecule has 150 valence electrons. The van der Waals surface area contributed by atoms with Gasteiger partial charge in [-0.3, -0.25) is 0 Å². The van der Waals surface area contributed by atoms with Gasteiger partial charge in [-0.25, -0.2) is 4.68 Å². The molecule has 10 heteroatoms.